The molecule has 0 spiro atoms. The molecule has 0 fully saturated rings. The summed E-state index contributed by atoms with van der Waals surface area (Å²) in [6.45, 7) is 9.14. The second kappa shape index (κ2) is 22.9. The summed E-state index contributed by atoms with van der Waals surface area (Å²) >= 11 is 0. The maximum atomic E-state index is 9.25. The fourth-order valence-electron chi connectivity index (χ4n) is 0. The first-order valence-electron chi connectivity index (χ1n) is 3.56. The Morgan fingerprint density at radius 2 is 1.55 bits per heavy atom. The predicted molar refractivity (Wildman–Crippen MR) is 46.6 cm³/mol. The smallest absolute Gasteiger partial charge is 0.327 e. The number of carbonyl (C=O) groups is 1. The molecule has 0 aromatic carbocycles. The maximum Gasteiger partial charge on any atom is 0.327 e. The molecule has 0 aromatic rings. The Morgan fingerprint density at radius 3 is 1.55 bits per heavy atom. The fourth-order valence-corrected chi connectivity index (χ4v) is 0. The van der Waals surface area contributed by atoms with Crippen LogP contribution in [0.1, 0.15) is 27.2 Å². The molecule has 0 aliphatic rings. The van der Waals surface area contributed by atoms with E-state index in [0.717, 1.165) is 6.08 Å². The van der Waals surface area contributed by atoms with Crippen LogP contribution in [0.3, 0.4) is 0 Å². The van der Waals surface area contributed by atoms with Gasteiger partial charge in [-0.05, 0) is 6.92 Å². The molecule has 3 nitrogen and oxygen atoms in total. The molecule has 0 amide bonds. The number of rotatable bonds is 1. The maximum absolute atomic E-state index is 9.25. The second-order valence-corrected chi connectivity index (χ2v) is 1.57. The van der Waals surface area contributed by atoms with Gasteiger partial charge in [-0.15, -0.1) is 0 Å². The van der Waals surface area contributed by atoms with Crippen molar-refractivity contribution in [2.45, 2.75) is 27.2 Å². The number of hydrogen-bond donors (Lipinski definition) is 2. The van der Waals surface area contributed by atoms with Gasteiger partial charge in [0.1, 0.15) is 0 Å². The number of aliphatic hydroxyl groups is 1. The van der Waals surface area contributed by atoms with Crippen LogP contribution in [-0.4, -0.2) is 22.8 Å². The van der Waals surface area contributed by atoms with Crippen LogP contribution in [0.2, 0.25) is 0 Å². The summed E-state index contributed by atoms with van der Waals surface area (Å²) < 4.78 is 0. The second-order valence-electron chi connectivity index (χ2n) is 1.57. The summed E-state index contributed by atoms with van der Waals surface area (Å²) in [4.78, 5) is 9.25. The Kier molecular flexibility index (Phi) is 34.6. The van der Waals surface area contributed by atoms with Crippen LogP contribution in [0.25, 0.3) is 0 Å². The Labute approximate surface area is 68.4 Å². The van der Waals surface area contributed by atoms with Gasteiger partial charge in [0.15, 0.2) is 0 Å². The number of carboxylic acids is 1. The highest BCUT2D eigenvalue weighted by Gasteiger charge is 1.73. The van der Waals surface area contributed by atoms with Gasteiger partial charge in [-0.1, -0.05) is 26.8 Å². The molecule has 0 aliphatic heterocycles. The van der Waals surface area contributed by atoms with Crippen LogP contribution in [-0.2, 0) is 4.79 Å². The molecule has 11 heavy (non-hydrogen) atoms. The zero-order chi connectivity index (χ0) is 9.70. The minimum atomic E-state index is -0.981. The highest BCUT2D eigenvalue weighted by Crippen LogP contribution is 1.56. The molecule has 0 rings (SSSR count). The summed E-state index contributed by atoms with van der Waals surface area (Å²) in [6, 6.07) is 0. The lowest BCUT2D eigenvalue weighted by atomic mass is 10.6. The molecule has 0 aromatic heterocycles. The first-order valence-corrected chi connectivity index (χ1v) is 3.56. The summed E-state index contributed by atoms with van der Waals surface area (Å²) in [6.07, 6.45) is 2.08. The van der Waals surface area contributed by atoms with Gasteiger partial charge in [0.2, 0.25) is 0 Å². The quantitative estimate of drug-likeness (QED) is 0.577. The zero-order valence-corrected chi connectivity index (χ0v) is 7.50. The third-order valence-electron chi connectivity index (χ3n) is 0.175. The van der Waals surface area contributed by atoms with Crippen LogP contribution in [0.15, 0.2) is 12.7 Å². The van der Waals surface area contributed by atoms with Crippen LogP contribution in [0, 0.1) is 0 Å². The third kappa shape index (κ3) is 344. The number of carboxylic acid groups (broad SMARTS) is 1. The van der Waals surface area contributed by atoms with Crippen molar-refractivity contribution < 1.29 is 15.0 Å². The average molecular weight is 162 g/mol. The van der Waals surface area contributed by atoms with Crippen molar-refractivity contribution in [2.24, 2.45) is 0 Å². The van der Waals surface area contributed by atoms with E-state index in [1.54, 1.807) is 6.92 Å². The molecule has 2 N–H and O–H groups in total. The molecule has 0 atom stereocenters. The van der Waals surface area contributed by atoms with Crippen molar-refractivity contribution in [2.75, 3.05) is 6.61 Å². The molecule has 0 unspecified atom stereocenters. The van der Waals surface area contributed by atoms with Crippen molar-refractivity contribution >= 4 is 5.97 Å². The van der Waals surface area contributed by atoms with Crippen LogP contribution in [0.4, 0.5) is 0 Å². The molecule has 0 saturated carbocycles. The standard InChI is InChI=1S/C3H4O2.C3H8.C2H6O/c1-2-3(4)5;1-3-2;1-2-3/h2H,1H2,(H,4,5);3H2,1-2H3;3H,2H2,1H3. The molecule has 3 heteroatoms. The fraction of sp³-hybridized carbons (Fsp3) is 0.625. The lowest BCUT2D eigenvalue weighted by molar-refractivity contribution is -0.131. The molecular weight excluding hydrogens is 144 g/mol. The van der Waals surface area contributed by atoms with E-state index in [0.29, 0.717) is 0 Å². The van der Waals surface area contributed by atoms with E-state index in [1.165, 1.54) is 6.42 Å². The number of aliphatic hydroxyl groups excluding tert-OH is 1. The Morgan fingerprint density at radius 1 is 1.45 bits per heavy atom. The van der Waals surface area contributed by atoms with Gasteiger partial charge >= 0.3 is 5.97 Å². The van der Waals surface area contributed by atoms with E-state index in [-0.39, 0.29) is 6.61 Å². The lowest BCUT2D eigenvalue weighted by Gasteiger charge is -1.64. The molecule has 0 radical (unpaired) electrons. The van der Waals surface area contributed by atoms with Crippen molar-refractivity contribution in [1.82, 2.24) is 0 Å². The van der Waals surface area contributed by atoms with E-state index in [9.17, 15) is 4.79 Å². The van der Waals surface area contributed by atoms with E-state index in [1.807, 2.05) is 0 Å². The predicted octanol–water partition coefficient (Wildman–Crippen LogP) is 1.67. The highest BCUT2D eigenvalue weighted by atomic mass is 16.4. The number of hydrogen-bond acceptors (Lipinski definition) is 2. The lowest BCUT2D eigenvalue weighted by Crippen LogP contribution is -1.82. The SMILES string of the molecule is C=CC(=O)O.CCC.CCO. The summed E-state index contributed by atoms with van der Waals surface area (Å²) in [5, 5.41) is 15.2. The molecule has 0 saturated heterocycles. The van der Waals surface area contributed by atoms with E-state index < -0.39 is 5.97 Å². The largest absolute Gasteiger partial charge is 0.478 e. The molecular formula is C8H18O3. The highest BCUT2D eigenvalue weighted by molar-refractivity contribution is 5.78. The van der Waals surface area contributed by atoms with Crippen molar-refractivity contribution in [3.8, 4) is 0 Å². The first-order chi connectivity index (χ1) is 5.10. The van der Waals surface area contributed by atoms with Crippen molar-refractivity contribution in [3.05, 3.63) is 12.7 Å². The zero-order valence-electron chi connectivity index (χ0n) is 7.50. The Hall–Kier alpha value is -0.830. The Balaban J connectivity index is -0.0000000933. The first kappa shape index (κ1) is 16.6. The van der Waals surface area contributed by atoms with Crippen LogP contribution < -0.4 is 0 Å². The molecule has 0 aliphatic carbocycles. The van der Waals surface area contributed by atoms with Gasteiger partial charge in [-0.3, -0.25) is 0 Å². The molecule has 0 heterocycles. The molecule has 0 bridgehead atoms. The monoisotopic (exact) mass is 162 g/mol. The van der Waals surface area contributed by atoms with Crippen LogP contribution in [0.5, 0.6) is 0 Å². The van der Waals surface area contributed by atoms with Crippen molar-refractivity contribution in [3.63, 3.8) is 0 Å². The van der Waals surface area contributed by atoms with Gasteiger partial charge in [-0.25, -0.2) is 4.79 Å². The minimum Gasteiger partial charge on any atom is -0.478 e. The van der Waals surface area contributed by atoms with Crippen LogP contribution >= 0.6 is 0 Å². The van der Waals surface area contributed by atoms with Gasteiger partial charge in [-0.2, -0.15) is 0 Å². The van der Waals surface area contributed by atoms with Gasteiger partial charge in [0, 0.05) is 12.7 Å². The average Bonchev–Trinajstić information content (AvgIpc) is 1.91. The third-order valence-corrected chi connectivity index (χ3v) is 0.175. The van der Waals surface area contributed by atoms with E-state index in [2.05, 4.69) is 20.4 Å². The van der Waals surface area contributed by atoms with Gasteiger partial charge in [0.05, 0.1) is 0 Å². The van der Waals surface area contributed by atoms with E-state index in [4.69, 9.17) is 10.2 Å². The van der Waals surface area contributed by atoms with E-state index >= 15 is 0 Å². The van der Waals surface area contributed by atoms with Gasteiger partial charge < -0.3 is 10.2 Å². The normalized spacial score (nSPS) is 6.18. The van der Waals surface area contributed by atoms with Gasteiger partial charge in [0.25, 0.3) is 0 Å². The topological polar surface area (TPSA) is 57.5 Å². The molecule has 68 valence electrons. The minimum absolute atomic E-state index is 0.250. The van der Waals surface area contributed by atoms with Crippen molar-refractivity contribution in [1.29, 1.82) is 0 Å². The summed E-state index contributed by atoms with van der Waals surface area (Å²) in [5.41, 5.74) is 0. The summed E-state index contributed by atoms with van der Waals surface area (Å²) in [7, 11) is 0. The number of aliphatic carboxylic acids is 1. The summed E-state index contributed by atoms with van der Waals surface area (Å²) in [5.74, 6) is -0.981. The Bertz CT molecular complexity index is 77.4.